The summed E-state index contributed by atoms with van der Waals surface area (Å²) >= 11 is 6.28. The molecule has 0 saturated carbocycles. The molecule has 1 N–H and O–H groups in total. The van der Waals surface area contributed by atoms with Crippen molar-refractivity contribution in [2.45, 2.75) is 13.8 Å². The Morgan fingerprint density at radius 2 is 1.97 bits per heavy atom. The highest BCUT2D eigenvalue weighted by molar-refractivity contribution is 6.32. The third-order valence-corrected chi connectivity index (χ3v) is 4.57. The van der Waals surface area contributed by atoms with Crippen LogP contribution < -0.4 is 14.9 Å². The Morgan fingerprint density at radius 1 is 1.18 bits per heavy atom. The van der Waals surface area contributed by atoms with Crippen molar-refractivity contribution in [2.24, 2.45) is 5.10 Å². The van der Waals surface area contributed by atoms with E-state index in [1.165, 1.54) is 36.5 Å². The summed E-state index contributed by atoms with van der Waals surface area (Å²) in [6.07, 6.45) is 1.33. The highest BCUT2D eigenvalue weighted by Gasteiger charge is 2.16. The van der Waals surface area contributed by atoms with Gasteiger partial charge in [0.1, 0.15) is 5.58 Å². The molecule has 0 radical (unpaired) electrons. The fraction of sp³-hybridized carbons (Fsp3) is 0.227. The average Bonchev–Trinajstić information content (AvgIpc) is 3.22. The van der Waals surface area contributed by atoms with Crippen molar-refractivity contribution in [2.75, 3.05) is 19.8 Å². The van der Waals surface area contributed by atoms with Crippen molar-refractivity contribution in [3.63, 3.8) is 0 Å². The average molecular weight is 490 g/mol. The molecule has 178 valence electrons. The molecule has 0 spiro atoms. The van der Waals surface area contributed by atoms with Crippen LogP contribution in [-0.4, -0.2) is 42.8 Å². The maximum atomic E-state index is 12.3. The summed E-state index contributed by atoms with van der Waals surface area (Å²) in [5.74, 6) is -0.807. The zero-order valence-electron chi connectivity index (χ0n) is 18.2. The molecular weight excluding hydrogens is 470 g/mol. The number of amides is 1. The predicted octanol–water partition coefficient (Wildman–Crippen LogP) is 4.10. The number of nitro groups is 1. The minimum absolute atomic E-state index is 0.0663. The number of benzene rings is 2. The van der Waals surface area contributed by atoms with Gasteiger partial charge in [0.15, 0.2) is 23.9 Å². The summed E-state index contributed by atoms with van der Waals surface area (Å²) in [5.41, 5.74) is 3.01. The molecule has 3 aromatic rings. The fourth-order valence-corrected chi connectivity index (χ4v) is 3.15. The number of esters is 1. The van der Waals surface area contributed by atoms with Crippen LogP contribution in [-0.2, 0) is 9.53 Å². The fourth-order valence-electron chi connectivity index (χ4n) is 2.88. The Labute approximate surface area is 198 Å². The first-order valence-corrected chi connectivity index (χ1v) is 10.5. The molecule has 0 aliphatic carbocycles. The number of hydrogen-bond acceptors (Lipinski definition) is 9. The summed E-state index contributed by atoms with van der Waals surface area (Å²) in [7, 11) is 0. The molecule has 0 bridgehead atoms. The number of nitrogens with zero attached hydrogens (tertiary/aromatic N) is 2. The van der Waals surface area contributed by atoms with Crippen LogP contribution in [0.25, 0.3) is 11.0 Å². The third kappa shape index (κ3) is 6.01. The minimum Gasteiger partial charge on any atom is -0.490 e. The van der Waals surface area contributed by atoms with Crippen LogP contribution in [0.5, 0.6) is 11.5 Å². The molecule has 0 unspecified atom stereocenters. The van der Waals surface area contributed by atoms with E-state index in [2.05, 4.69) is 10.5 Å². The van der Waals surface area contributed by atoms with E-state index in [9.17, 15) is 19.7 Å². The van der Waals surface area contributed by atoms with Gasteiger partial charge in [-0.1, -0.05) is 11.6 Å². The van der Waals surface area contributed by atoms with Crippen LogP contribution in [0, 0.1) is 10.1 Å². The number of nitro benzene ring substituents is 1. The summed E-state index contributed by atoms with van der Waals surface area (Å²) in [5, 5.41) is 15.4. The Kier molecular flexibility index (Phi) is 8.04. The molecule has 2 aromatic carbocycles. The molecule has 0 aliphatic heterocycles. The maximum Gasteiger partial charge on any atom is 0.344 e. The van der Waals surface area contributed by atoms with Gasteiger partial charge in [-0.3, -0.25) is 14.9 Å². The molecule has 3 rings (SSSR count). The molecule has 11 nitrogen and oxygen atoms in total. The zero-order chi connectivity index (χ0) is 24.7. The van der Waals surface area contributed by atoms with Gasteiger partial charge in [0.25, 0.3) is 5.69 Å². The second-order valence-electron chi connectivity index (χ2n) is 6.65. The Morgan fingerprint density at radius 3 is 2.68 bits per heavy atom. The molecule has 34 heavy (non-hydrogen) atoms. The van der Waals surface area contributed by atoms with Gasteiger partial charge in [-0.2, -0.15) is 5.10 Å². The second kappa shape index (κ2) is 11.1. The number of carbonyl (C=O) groups excluding carboxylic acids is 2. The molecule has 1 amide bonds. The van der Waals surface area contributed by atoms with Crippen molar-refractivity contribution in [3.05, 3.63) is 62.9 Å². The van der Waals surface area contributed by atoms with Crippen LogP contribution in [0.4, 0.5) is 5.69 Å². The number of halogens is 1. The smallest absolute Gasteiger partial charge is 0.344 e. The van der Waals surface area contributed by atoms with E-state index >= 15 is 0 Å². The number of carbonyl (C=O) groups is 2. The number of fused-ring (bicyclic) bond motifs is 1. The van der Waals surface area contributed by atoms with Gasteiger partial charge in [0, 0.05) is 17.5 Å². The van der Waals surface area contributed by atoms with Gasteiger partial charge in [-0.05, 0) is 43.7 Å². The first-order chi connectivity index (χ1) is 16.3. The van der Waals surface area contributed by atoms with Gasteiger partial charge in [0.2, 0.25) is 0 Å². The Bertz CT molecular complexity index is 1250. The molecule has 1 aromatic heterocycles. The van der Waals surface area contributed by atoms with E-state index in [1.807, 2.05) is 0 Å². The molecule has 0 fully saturated rings. The minimum atomic E-state index is -0.652. The van der Waals surface area contributed by atoms with Crippen molar-refractivity contribution in [3.8, 4) is 11.5 Å². The van der Waals surface area contributed by atoms with E-state index in [-0.39, 0.29) is 41.2 Å². The number of hydrazone groups is 1. The highest BCUT2D eigenvalue weighted by atomic mass is 35.5. The lowest BCUT2D eigenvalue weighted by Gasteiger charge is -2.14. The summed E-state index contributed by atoms with van der Waals surface area (Å²) in [6, 6.07) is 8.48. The van der Waals surface area contributed by atoms with Gasteiger partial charge < -0.3 is 18.6 Å². The first-order valence-electron chi connectivity index (χ1n) is 10.1. The predicted molar refractivity (Wildman–Crippen MR) is 123 cm³/mol. The van der Waals surface area contributed by atoms with Crippen LogP contribution in [0.2, 0.25) is 5.02 Å². The molecule has 0 atom stereocenters. The van der Waals surface area contributed by atoms with Crippen LogP contribution in [0.3, 0.4) is 0 Å². The normalized spacial score (nSPS) is 10.9. The van der Waals surface area contributed by atoms with E-state index in [0.717, 1.165) is 0 Å². The lowest BCUT2D eigenvalue weighted by molar-refractivity contribution is -0.384. The SMILES string of the molecule is CCOC(=O)COc1c(Cl)cc(/C=N\NC(=O)c2cc3cc([N+](=O)[O-])ccc3o2)cc1OCC. The number of ether oxygens (including phenoxy) is 3. The summed E-state index contributed by atoms with van der Waals surface area (Å²) in [6.45, 7) is 3.66. The molecule has 0 aliphatic rings. The number of furan rings is 1. The number of rotatable bonds is 10. The highest BCUT2D eigenvalue weighted by Crippen LogP contribution is 2.36. The number of hydrogen-bond donors (Lipinski definition) is 1. The largest absolute Gasteiger partial charge is 0.490 e. The second-order valence-corrected chi connectivity index (χ2v) is 7.05. The number of non-ortho nitro benzene ring substituents is 1. The van der Waals surface area contributed by atoms with Gasteiger partial charge in [-0.25, -0.2) is 10.2 Å². The van der Waals surface area contributed by atoms with Gasteiger partial charge in [0.05, 0.1) is 29.4 Å². The molecular formula is C22H20ClN3O8. The quantitative estimate of drug-likeness (QED) is 0.194. The Hall–Kier alpha value is -4.12. The standard InChI is InChI=1S/C22H20ClN3O8/c1-3-31-18-8-13(7-16(23)21(18)33-12-20(27)32-4-2)11-24-25-22(28)19-10-14-9-15(26(29)30)5-6-17(14)34-19/h5-11H,3-4,12H2,1-2H3,(H,25,28)/b24-11-. The lowest BCUT2D eigenvalue weighted by Crippen LogP contribution is -2.17. The van der Waals surface area contributed by atoms with Crippen LogP contribution in [0.15, 0.2) is 45.9 Å². The van der Waals surface area contributed by atoms with E-state index < -0.39 is 16.8 Å². The molecule has 0 saturated heterocycles. The molecule has 12 heteroatoms. The first kappa shape index (κ1) is 24.5. The molecule has 1 heterocycles. The van der Waals surface area contributed by atoms with E-state index in [4.69, 9.17) is 30.2 Å². The third-order valence-electron chi connectivity index (χ3n) is 4.29. The van der Waals surface area contributed by atoms with Crippen molar-refractivity contribution < 1.29 is 33.1 Å². The van der Waals surface area contributed by atoms with Crippen molar-refractivity contribution in [1.82, 2.24) is 5.43 Å². The van der Waals surface area contributed by atoms with E-state index in [1.54, 1.807) is 19.9 Å². The van der Waals surface area contributed by atoms with E-state index in [0.29, 0.717) is 23.1 Å². The van der Waals surface area contributed by atoms with Gasteiger partial charge in [-0.15, -0.1) is 0 Å². The topological polar surface area (TPSA) is 143 Å². The van der Waals surface area contributed by atoms with Crippen molar-refractivity contribution >= 4 is 46.3 Å². The lowest BCUT2D eigenvalue weighted by atomic mass is 10.2. The number of nitrogens with one attached hydrogen (secondary N) is 1. The Balaban J connectivity index is 1.72. The maximum absolute atomic E-state index is 12.3. The zero-order valence-corrected chi connectivity index (χ0v) is 19.0. The van der Waals surface area contributed by atoms with Crippen molar-refractivity contribution in [1.29, 1.82) is 0 Å². The van der Waals surface area contributed by atoms with Gasteiger partial charge >= 0.3 is 11.9 Å². The summed E-state index contributed by atoms with van der Waals surface area (Å²) in [4.78, 5) is 34.3. The van der Waals surface area contributed by atoms with Crippen LogP contribution in [0.1, 0.15) is 30.0 Å². The summed E-state index contributed by atoms with van der Waals surface area (Å²) < 4.78 is 21.2. The van der Waals surface area contributed by atoms with Crippen LogP contribution >= 0.6 is 11.6 Å². The monoisotopic (exact) mass is 489 g/mol.